The first-order valence-electron chi connectivity index (χ1n) is 2.49. The highest BCUT2D eigenvalue weighted by Crippen LogP contribution is 2.48. The van der Waals surface area contributed by atoms with Crippen LogP contribution in [0.3, 0.4) is 0 Å². The zero-order chi connectivity index (χ0) is 10.2. The number of halogens is 7. The van der Waals surface area contributed by atoms with Gasteiger partial charge in [-0.25, -0.2) is 4.39 Å². The Labute approximate surface area is 74.1 Å². The van der Waals surface area contributed by atoms with Crippen molar-refractivity contribution in [3.05, 3.63) is 0 Å². The smallest absolute Gasteiger partial charge is 0.388 e. The van der Waals surface area contributed by atoms with Crippen LogP contribution in [0.15, 0.2) is 0 Å². The third-order valence-corrected chi connectivity index (χ3v) is 1.61. The number of aliphatic hydroxyl groups is 1. The summed E-state index contributed by atoms with van der Waals surface area (Å²) in [5.41, 5.74) is 0. The van der Waals surface area contributed by atoms with Gasteiger partial charge in [-0.1, -0.05) is 11.6 Å². The van der Waals surface area contributed by atoms with E-state index in [2.05, 4.69) is 23.2 Å². The molecule has 0 radical (unpaired) electrons. The Hall–Kier alpha value is 0.190. The molecule has 0 saturated heterocycles. The maximum atomic E-state index is 12.3. The molecule has 0 spiro atoms. The van der Waals surface area contributed by atoms with E-state index in [0.29, 0.717) is 0 Å². The van der Waals surface area contributed by atoms with E-state index in [9.17, 15) is 22.0 Å². The standard InChI is InChI=1S/C4H3Cl2F5O/c5-2(7,1-12)3(8,9)4(6,10)11/h12H,1H2. The molecular formula is C4H3Cl2F5O. The monoisotopic (exact) mass is 232 g/mol. The van der Waals surface area contributed by atoms with Crippen LogP contribution in [0.4, 0.5) is 22.0 Å². The first-order valence-corrected chi connectivity index (χ1v) is 3.25. The molecule has 1 atom stereocenters. The summed E-state index contributed by atoms with van der Waals surface area (Å²) >= 11 is 8.14. The summed E-state index contributed by atoms with van der Waals surface area (Å²) in [6.45, 7) is -1.97. The number of alkyl halides is 7. The molecule has 1 nitrogen and oxygen atoms in total. The molecule has 0 heterocycles. The second-order valence-corrected chi connectivity index (χ2v) is 3.01. The van der Waals surface area contributed by atoms with Crippen LogP contribution in [0.25, 0.3) is 0 Å². The van der Waals surface area contributed by atoms with Crippen molar-refractivity contribution in [2.75, 3.05) is 6.61 Å². The van der Waals surface area contributed by atoms with Crippen molar-refractivity contribution >= 4 is 23.2 Å². The number of rotatable bonds is 3. The van der Waals surface area contributed by atoms with Gasteiger partial charge in [0.2, 0.25) is 0 Å². The molecule has 74 valence electrons. The summed E-state index contributed by atoms with van der Waals surface area (Å²) in [6.07, 6.45) is 0. The minimum atomic E-state index is -5.34. The quantitative estimate of drug-likeness (QED) is 0.585. The van der Waals surface area contributed by atoms with Gasteiger partial charge >= 0.3 is 11.3 Å². The van der Waals surface area contributed by atoms with Crippen LogP contribution in [-0.4, -0.2) is 28.1 Å². The van der Waals surface area contributed by atoms with Crippen molar-refractivity contribution in [3.63, 3.8) is 0 Å². The first kappa shape index (κ1) is 12.2. The van der Waals surface area contributed by atoms with Crippen molar-refractivity contribution < 1.29 is 27.1 Å². The Morgan fingerprint density at radius 1 is 1.00 bits per heavy atom. The largest absolute Gasteiger partial charge is 0.391 e. The van der Waals surface area contributed by atoms with Gasteiger partial charge in [-0.15, -0.1) is 0 Å². The van der Waals surface area contributed by atoms with E-state index in [-0.39, 0.29) is 0 Å². The lowest BCUT2D eigenvalue weighted by Gasteiger charge is -2.28. The molecule has 12 heavy (non-hydrogen) atoms. The molecule has 0 aromatic rings. The molecular weight excluding hydrogens is 230 g/mol. The topological polar surface area (TPSA) is 20.2 Å². The van der Waals surface area contributed by atoms with Crippen LogP contribution in [0.1, 0.15) is 0 Å². The molecule has 0 aliphatic heterocycles. The summed E-state index contributed by atoms with van der Waals surface area (Å²) in [4.78, 5) is 0. The average molecular weight is 233 g/mol. The van der Waals surface area contributed by atoms with E-state index in [1.807, 2.05) is 0 Å². The van der Waals surface area contributed by atoms with Crippen molar-refractivity contribution in [3.8, 4) is 0 Å². The number of aliphatic hydroxyl groups excluding tert-OH is 1. The minimum Gasteiger partial charge on any atom is -0.391 e. The Morgan fingerprint density at radius 3 is 1.42 bits per heavy atom. The van der Waals surface area contributed by atoms with Gasteiger partial charge in [0, 0.05) is 0 Å². The number of hydrogen-bond acceptors (Lipinski definition) is 1. The van der Waals surface area contributed by atoms with Gasteiger partial charge in [0.15, 0.2) is 0 Å². The third-order valence-electron chi connectivity index (χ3n) is 1.01. The highest BCUT2D eigenvalue weighted by molar-refractivity contribution is 6.26. The third kappa shape index (κ3) is 1.92. The van der Waals surface area contributed by atoms with Crippen LogP contribution in [0.2, 0.25) is 0 Å². The maximum absolute atomic E-state index is 12.3. The predicted molar refractivity (Wildman–Crippen MR) is 32.5 cm³/mol. The number of hydrogen-bond donors (Lipinski definition) is 1. The van der Waals surface area contributed by atoms with Crippen molar-refractivity contribution in [1.82, 2.24) is 0 Å². The van der Waals surface area contributed by atoms with E-state index >= 15 is 0 Å². The lowest BCUT2D eigenvalue weighted by Crippen LogP contribution is -2.52. The molecule has 0 amide bonds. The van der Waals surface area contributed by atoms with E-state index < -0.39 is 23.0 Å². The molecule has 0 aromatic carbocycles. The van der Waals surface area contributed by atoms with Gasteiger partial charge in [0.25, 0.3) is 5.13 Å². The Balaban J connectivity index is 4.85. The molecule has 0 rings (SSSR count). The molecule has 0 bridgehead atoms. The summed E-state index contributed by atoms with van der Waals surface area (Å²) < 4.78 is 60.1. The fourth-order valence-electron chi connectivity index (χ4n) is 0.307. The summed E-state index contributed by atoms with van der Waals surface area (Å²) in [7, 11) is 0. The van der Waals surface area contributed by atoms with Gasteiger partial charge in [0.1, 0.15) is 0 Å². The van der Waals surface area contributed by atoms with Gasteiger partial charge in [-0.05, 0) is 11.6 Å². The highest BCUT2D eigenvalue weighted by Gasteiger charge is 2.69. The molecule has 1 N–H and O–H groups in total. The normalized spacial score (nSPS) is 19.0. The molecule has 0 fully saturated rings. The van der Waals surface area contributed by atoms with Gasteiger partial charge in [-0.2, -0.15) is 17.6 Å². The molecule has 0 aromatic heterocycles. The zero-order valence-corrected chi connectivity index (χ0v) is 6.81. The molecule has 0 aliphatic carbocycles. The van der Waals surface area contributed by atoms with Crippen LogP contribution in [0.5, 0.6) is 0 Å². The zero-order valence-electron chi connectivity index (χ0n) is 5.30. The molecule has 8 heteroatoms. The maximum Gasteiger partial charge on any atom is 0.388 e. The Morgan fingerprint density at radius 2 is 1.33 bits per heavy atom. The second-order valence-electron chi connectivity index (χ2n) is 1.93. The molecule has 0 saturated carbocycles. The summed E-state index contributed by atoms with van der Waals surface area (Å²) in [6, 6.07) is 0. The van der Waals surface area contributed by atoms with Gasteiger partial charge in [0.05, 0.1) is 6.61 Å². The van der Waals surface area contributed by atoms with E-state index in [0.717, 1.165) is 0 Å². The van der Waals surface area contributed by atoms with Gasteiger partial charge < -0.3 is 5.11 Å². The average Bonchev–Trinajstić information content (AvgIpc) is 1.85. The Bertz CT molecular complexity index is 165. The van der Waals surface area contributed by atoms with E-state index in [1.165, 1.54) is 0 Å². The Kier molecular flexibility index (Phi) is 3.21. The van der Waals surface area contributed by atoms with Crippen LogP contribution >= 0.6 is 23.2 Å². The van der Waals surface area contributed by atoms with Crippen LogP contribution in [-0.2, 0) is 0 Å². The molecule has 0 aliphatic rings. The van der Waals surface area contributed by atoms with Crippen LogP contribution < -0.4 is 0 Å². The van der Waals surface area contributed by atoms with E-state index in [4.69, 9.17) is 5.11 Å². The lowest BCUT2D eigenvalue weighted by molar-refractivity contribution is -0.216. The minimum absolute atomic E-state index is 1.97. The molecule has 1 unspecified atom stereocenters. The van der Waals surface area contributed by atoms with E-state index in [1.54, 1.807) is 0 Å². The van der Waals surface area contributed by atoms with Gasteiger partial charge in [-0.3, -0.25) is 0 Å². The summed E-state index contributed by atoms with van der Waals surface area (Å²) in [5, 5.41) is -1.50. The highest BCUT2D eigenvalue weighted by atomic mass is 35.5. The fraction of sp³-hybridized carbons (Fsp3) is 1.00. The predicted octanol–water partition coefficient (Wildman–Crippen LogP) is 2.35. The van der Waals surface area contributed by atoms with Crippen LogP contribution in [0, 0.1) is 0 Å². The lowest BCUT2D eigenvalue weighted by atomic mass is 10.2. The SMILES string of the molecule is OCC(F)(Cl)C(F)(F)C(F)(F)Cl. The van der Waals surface area contributed by atoms with Crippen molar-refractivity contribution in [2.24, 2.45) is 0 Å². The first-order chi connectivity index (χ1) is 5.06. The second kappa shape index (κ2) is 3.16. The van der Waals surface area contributed by atoms with Crippen molar-refractivity contribution in [1.29, 1.82) is 0 Å². The fourth-order valence-corrected chi connectivity index (χ4v) is 0.623. The summed E-state index contributed by atoms with van der Waals surface area (Å²) in [5.74, 6) is -5.34. The van der Waals surface area contributed by atoms with Crippen molar-refractivity contribution in [2.45, 2.75) is 16.4 Å².